The summed E-state index contributed by atoms with van der Waals surface area (Å²) in [7, 11) is 0. The van der Waals surface area contributed by atoms with E-state index in [0.717, 1.165) is 0 Å². The van der Waals surface area contributed by atoms with Crippen LogP contribution in [0.2, 0.25) is 0 Å². The summed E-state index contributed by atoms with van der Waals surface area (Å²) < 4.78 is 0. The summed E-state index contributed by atoms with van der Waals surface area (Å²) in [5.41, 5.74) is 5.27. The lowest BCUT2D eigenvalue weighted by atomic mass is 9.96. The van der Waals surface area contributed by atoms with E-state index >= 15 is 0 Å². The van der Waals surface area contributed by atoms with Crippen molar-refractivity contribution >= 4 is 6.01 Å². The van der Waals surface area contributed by atoms with Crippen molar-refractivity contribution in [1.82, 2.24) is 0 Å². The molecule has 0 radical (unpaired) electrons. The van der Waals surface area contributed by atoms with Crippen molar-refractivity contribution in [3.05, 3.63) is 0 Å². The normalized spacial score (nSPS) is 18.4. The molecule has 12 heavy (non-hydrogen) atoms. The predicted molar refractivity (Wildman–Crippen MR) is 50.7 cm³/mol. The average molecular weight is 167 g/mol. The first kappa shape index (κ1) is 9.43. The van der Waals surface area contributed by atoms with Crippen LogP contribution in [0.5, 0.6) is 0 Å². The van der Waals surface area contributed by atoms with Crippen molar-refractivity contribution < 1.29 is 0 Å². The highest BCUT2D eigenvalue weighted by molar-refractivity contribution is 5.41. The summed E-state index contributed by atoms with van der Waals surface area (Å²) in [6.45, 7) is 1.24. The highest BCUT2D eigenvalue weighted by Gasteiger charge is 2.10. The lowest BCUT2D eigenvalue weighted by Crippen LogP contribution is -2.08. The van der Waals surface area contributed by atoms with Crippen LogP contribution in [0.3, 0.4) is 0 Å². The Hall–Kier alpha value is -0.660. The van der Waals surface area contributed by atoms with Gasteiger partial charge in [0.15, 0.2) is 0 Å². The molecule has 0 spiro atoms. The van der Waals surface area contributed by atoms with Crippen LogP contribution in [-0.2, 0) is 0 Å². The zero-order valence-electron chi connectivity index (χ0n) is 7.50. The Morgan fingerprint density at radius 2 is 2.00 bits per heavy atom. The van der Waals surface area contributed by atoms with E-state index in [9.17, 15) is 0 Å². The molecule has 0 aliphatic heterocycles. The summed E-state index contributed by atoms with van der Waals surface area (Å²) in [4.78, 5) is 8.19. The van der Waals surface area contributed by atoms with E-state index in [-0.39, 0.29) is 0 Å². The molecule has 1 fully saturated rings. The molecule has 3 nitrogen and oxygen atoms in total. The molecule has 0 amide bonds. The van der Waals surface area contributed by atoms with Crippen LogP contribution >= 0.6 is 0 Å². The molecule has 0 aromatic rings. The highest BCUT2D eigenvalue weighted by Crippen LogP contribution is 2.19. The Morgan fingerprint density at radius 1 is 1.25 bits per heavy atom. The van der Waals surface area contributed by atoms with Gasteiger partial charge in [0.2, 0.25) is 0 Å². The van der Waals surface area contributed by atoms with Gasteiger partial charge in [-0.2, -0.15) is 0 Å². The highest BCUT2D eigenvalue weighted by atomic mass is 14.8. The third kappa shape index (κ3) is 3.65. The van der Waals surface area contributed by atoms with Gasteiger partial charge >= 0.3 is 0 Å². The van der Waals surface area contributed by atoms with E-state index in [4.69, 9.17) is 5.73 Å². The number of aliphatic imine (C=N–C) groups is 2. The Balaban J connectivity index is 2.23. The predicted octanol–water partition coefficient (Wildman–Crippen LogP) is 1.45. The second-order valence-corrected chi connectivity index (χ2v) is 3.19. The minimum Gasteiger partial charge on any atom is -0.329 e. The van der Waals surface area contributed by atoms with Crippen LogP contribution < -0.4 is 5.73 Å². The van der Waals surface area contributed by atoms with Gasteiger partial charge in [-0.25, -0.2) is 9.98 Å². The van der Waals surface area contributed by atoms with E-state index in [2.05, 4.69) is 16.0 Å². The summed E-state index contributed by atoms with van der Waals surface area (Å²) >= 11 is 0. The summed E-state index contributed by atoms with van der Waals surface area (Å²) in [5, 5.41) is 0. The molecule has 68 valence electrons. The van der Waals surface area contributed by atoms with E-state index in [1.54, 1.807) is 0 Å². The van der Waals surface area contributed by atoms with Crippen LogP contribution in [0, 0.1) is 0 Å². The van der Waals surface area contributed by atoms with Gasteiger partial charge in [0.05, 0.1) is 18.6 Å². The van der Waals surface area contributed by atoms with Gasteiger partial charge in [-0.1, -0.05) is 19.3 Å². The Morgan fingerprint density at radius 3 is 2.67 bits per heavy atom. The summed E-state index contributed by atoms with van der Waals surface area (Å²) in [5.74, 6) is 0. The number of nitrogens with zero attached hydrogens (tertiary/aromatic N) is 2. The lowest BCUT2D eigenvalue weighted by molar-refractivity contribution is 0.444. The average Bonchev–Trinajstić information content (AvgIpc) is 2.14. The van der Waals surface area contributed by atoms with Gasteiger partial charge < -0.3 is 5.73 Å². The fraction of sp³-hybridized carbons (Fsp3) is 0.889. The summed E-state index contributed by atoms with van der Waals surface area (Å²) in [6.07, 6.45) is 6.42. The first-order chi connectivity index (χ1) is 5.93. The molecule has 0 saturated heterocycles. The standard InChI is InChI=1S/C9H17N3/c10-6-7-11-8-12-9-4-2-1-3-5-9/h9H,1-7,10H2. The quantitative estimate of drug-likeness (QED) is 0.635. The van der Waals surface area contributed by atoms with Gasteiger partial charge in [-0.3, -0.25) is 0 Å². The van der Waals surface area contributed by atoms with Gasteiger partial charge in [0.25, 0.3) is 0 Å². The monoisotopic (exact) mass is 167 g/mol. The second-order valence-electron chi connectivity index (χ2n) is 3.19. The lowest BCUT2D eigenvalue weighted by Gasteiger charge is -2.15. The third-order valence-corrected chi connectivity index (χ3v) is 2.13. The van der Waals surface area contributed by atoms with E-state index in [0.29, 0.717) is 19.1 Å². The maximum absolute atomic E-state index is 5.27. The van der Waals surface area contributed by atoms with E-state index in [1.165, 1.54) is 32.1 Å². The molecule has 0 aromatic carbocycles. The zero-order valence-corrected chi connectivity index (χ0v) is 7.50. The SMILES string of the molecule is NCCN=C=NC1CCCCC1. The molecule has 1 aliphatic carbocycles. The number of nitrogens with two attached hydrogens (primary N) is 1. The molecule has 0 heterocycles. The van der Waals surface area contributed by atoms with Crippen LogP contribution in [0.4, 0.5) is 0 Å². The van der Waals surface area contributed by atoms with Crippen LogP contribution in [0.15, 0.2) is 9.98 Å². The van der Waals surface area contributed by atoms with Crippen LogP contribution in [0.1, 0.15) is 32.1 Å². The number of hydrogen-bond acceptors (Lipinski definition) is 3. The van der Waals surface area contributed by atoms with Gasteiger partial charge in [-0.15, -0.1) is 0 Å². The first-order valence-electron chi connectivity index (χ1n) is 4.75. The molecule has 2 N–H and O–H groups in total. The Labute approximate surface area is 73.8 Å². The second kappa shape index (κ2) is 5.92. The molecule has 0 unspecified atom stereocenters. The number of hydrogen-bond donors (Lipinski definition) is 1. The van der Waals surface area contributed by atoms with Gasteiger partial charge in [-0.05, 0) is 12.8 Å². The molecule has 1 saturated carbocycles. The van der Waals surface area contributed by atoms with E-state index < -0.39 is 0 Å². The fourth-order valence-electron chi connectivity index (χ4n) is 1.45. The molecule has 0 atom stereocenters. The summed E-state index contributed by atoms with van der Waals surface area (Å²) in [6, 6.07) is 3.21. The minimum absolute atomic E-state index is 0.486. The Bertz CT molecular complexity index is 165. The zero-order chi connectivity index (χ0) is 8.65. The van der Waals surface area contributed by atoms with Crippen molar-refractivity contribution in [3.8, 4) is 0 Å². The van der Waals surface area contributed by atoms with Crippen molar-refractivity contribution in [2.24, 2.45) is 15.7 Å². The van der Waals surface area contributed by atoms with Crippen molar-refractivity contribution in [2.45, 2.75) is 38.1 Å². The number of rotatable bonds is 3. The van der Waals surface area contributed by atoms with Crippen molar-refractivity contribution in [3.63, 3.8) is 0 Å². The molecule has 1 rings (SSSR count). The maximum Gasteiger partial charge on any atom is 0.0895 e. The van der Waals surface area contributed by atoms with Gasteiger partial charge in [0, 0.05) is 6.54 Å². The molecule has 3 heteroatoms. The molecular weight excluding hydrogens is 150 g/mol. The van der Waals surface area contributed by atoms with E-state index in [1.807, 2.05) is 0 Å². The maximum atomic E-state index is 5.27. The van der Waals surface area contributed by atoms with Crippen molar-refractivity contribution in [2.75, 3.05) is 13.1 Å². The topological polar surface area (TPSA) is 50.7 Å². The van der Waals surface area contributed by atoms with Crippen LogP contribution in [0.25, 0.3) is 0 Å². The smallest absolute Gasteiger partial charge is 0.0895 e. The minimum atomic E-state index is 0.486. The van der Waals surface area contributed by atoms with Crippen molar-refractivity contribution in [1.29, 1.82) is 0 Å². The van der Waals surface area contributed by atoms with Gasteiger partial charge in [0.1, 0.15) is 0 Å². The first-order valence-corrected chi connectivity index (χ1v) is 4.75. The largest absolute Gasteiger partial charge is 0.329 e. The molecule has 0 bridgehead atoms. The fourth-order valence-corrected chi connectivity index (χ4v) is 1.45. The third-order valence-electron chi connectivity index (χ3n) is 2.13. The molecular formula is C9H17N3. The van der Waals surface area contributed by atoms with Crippen LogP contribution in [-0.4, -0.2) is 25.1 Å². The Kier molecular flexibility index (Phi) is 4.65. The molecule has 0 aromatic heterocycles. The molecule has 1 aliphatic rings.